The summed E-state index contributed by atoms with van der Waals surface area (Å²) in [6.45, 7) is 3.82. The van der Waals surface area contributed by atoms with Crippen LogP contribution in [-0.4, -0.2) is 87.4 Å². The lowest BCUT2D eigenvalue weighted by atomic mass is 9.96. The van der Waals surface area contributed by atoms with Crippen LogP contribution in [-0.2, 0) is 25.6 Å². The van der Waals surface area contributed by atoms with Gasteiger partial charge < -0.3 is 43.2 Å². The Morgan fingerprint density at radius 1 is 1.11 bits per heavy atom. The van der Waals surface area contributed by atoms with E-state index in [1.807, 2.05) is 13.2 Å². The van der Waals surface area contributed by atoms with Gasteiger partial charge in [0, 0.05) is 24.9 Å². The molecule has 0 aliphatic rings. The van der Waals surface area contributed by atoms with E-state index < -0.39 is 47.9 Å². The van der Waals surface area contributed by atoms with Gasteiger partial charge in [-0.3, -0.25) is 19.4 Å². The quantitative estimate of drug-likeness (QED) is 0.0602. The molecule has 1 heterocycles. The molecule has 1 aromatic rings. The van der Waals surface area contributed by atoms with Crippen LogP contribution in [0.4, 0.5) is 0 Å². The number of hydrogen-bond acceptors (Lipinski definition) is 8. The molecule has 0 aromatic carbocycles. The van der Waals surface area contributed by atoms with E-state index in [0.717, 1.165) is 0 Å². The van der Waals surface area contributed by atoms with Crippen molar-refractivity contribution in [1.29, 1.82) is 0 Å². The first-order valence-corrected chi connectivity index (χ1v) is 13.8. The molecule has 0 aliphatic carbocycles. The highest BCUT2D eigenvalue weighted by atomic mass is 32.2. The number of carboxylic acid groups (broad SMARTS) is 1. The van der Waals surface area contributed by atoms with Crippen molar-refractivity contribution in [3.8, 4) is 0 Å². The minimum absolute atomic E-state index is 0.0875. The summed E-state index contributed by atoms with van der Waals surface area (Å²) in [5.41, 5.74) is 17.1. The van der Waals surface area contributed by atoms with E-state index in [-0.39, 0.29) is 31.3 Å². The number of nitrogens with two attached hydrogens (primary N) is 3. The van der Waals surface area contributed by atoms with Crippen LogP contribution in [0.2, 0.25) is 0 Å². The topological polar surface area (TPSA) is 244 Å². The molecule has 1 rings (SSSR count). The van der Waals surface area contributed by atoms with Gasteiger partial charge >= 0.3 is 5.97 Å². The number of aliphatic carboxylic acids is 1. The van der Waals surface area contributed by atoms with Gasteiger partial charge in [-0.1, -0.05) is 20.3 Å². The molecule has 0 saturated heterocycles. The maximum Gasteiger partial charge on any atom is 0.326 e. The molecule has 15 heteroatoms. The van der Waals surface area contributed by atoms with E-state index in [1.54, 1.807) is 18.7 Å². The molecule has 0 bridgehead atoms. The van der Waals surface area contributed by atoms with Gasteiger partial charge in [0.15, 0.2) is 5.96 Å². The van der Waals surface area contributed by atoms with Crippen molar-refractivity contribution in [2.45, 2.75) is 70.1 Å². The lowest BCUT2D eigenvalue weighted by Gasteiger charge is -2.28. The largest absolute Gasteiger partial charge is 0.480 e. The van der Waals surface area contributed by atoms with Gasteiger partial charge in [0.05, 0.1) is 12.4 Å². The standard InChI is InChI=1S/C23H41N9O5S/c1-4-13(2)18(21(35)30-16(22(36)37)6-5-8-28-23(25)26)32-20(34)17(10-14-11-27-12-29-14)31-19(33)15(24)7-9-38-3/h11-13,15-18H,4-10,24H2,1-3H3,(H,27,29)(H,30,35)(H,31,33)(H,32,34)(H,36,37)(H4,25,26,28). The fourth-order valence-electron chi connectivity index (χ4n) is 3.46. The number of aromatic nitrogens is 2. The Morgan fingerprint density at radius 3 is 2.34 bits per heavy atom. The van der Waals surface area contributed by atoms with Crippen LogP contribution in [0, 0.1) is 5.92 Å². The van der Waals surface area contributed by atoms with Crippen molar-refractivity contribution in [3.63, 3.8) is 0 Å². The molecular formula is C23H41N9O5S. The summed E-state index contributed by atoms with van der Waals surface area (Å²) in [5, 5.41) is 17.5. The van der Waals surface area contributed by atoms with Crippen molar-refractivity contribution in [3.05, 3.63) is 18.2 Å². The van der Waals surface area contributed by atoms with E-state index in [2.05, 4.69) is 30.9 Å². The van der Waals surface area contributed by atoms with Gasteiger partial charge in [-0.15, -0.1) is 0 Å². The zero-order chi connectivity index (χ0) is 28.7. The third-order valence-corrected chi connectivity index (χ3v) is 6.58. The van der Waals surface area contributed by atoms with Crippen molar-refractivity contribution in [1.82, 2.24) is 25.9 Å². The van der Waals surface area contributed by atoms with E-state index in [0.29, 0.717) is 30.7 Å². The van der Waals surface area contributed by atoms with E-state index in [9.17, 15) is 24.3 Å². The molecule has 14 nitrogen and oxygen atoms in total. The fourth-order valence-corrected chi connectivity index (χ4v) is 3.95. The number of amides is 3. The predicted molar refractivity (Wildman–Crippen MR) is 146 cm³/mol. The molecule has 0 spiro atoms. The zero-order valence-corrected chi connectivity index (χ0v) is 22.9. The Hall–Kier alpha value is -3.33. The summed E-state index contributed by atoms with van der Waals surface area (Å²) in [6.07, 6.45) is 6.34. The number of H-pyrrole nitrogens is 1. The molecule has 214 valence electrons. The zero-order valence-electron chi connectivity index (χ0n) is 22.1. The molecule has 1 aromatic heterocycles. The number of carboxylic acids is 1. The normalized spacial score (nSPS) is 14.8. The summed E-state index contributed by atoms with van der Waals surface area (Å²) in [4.78, 5) is 61.5. The number of nitrogens with one attached hydrogen (secondary N) is 4. The van der Waals surface area contributed by atoms with Gasteiger partial charge in [0.2, 0.25) is 17.7 Å². The van der Waals surface area contributed by atoms with Crippen LogP contribution in [0.3, 0.4) is 0 Å². The highest BCUT2D eigenvalue weighted by Crippen LogP contribution is 2.11. The second-order valence-corrected chi connectivity index (χ2v) is 9.94. The smallest absolute Gasteiger partial charge is 0.326 e. The first kappa shape index (κ1) is 32.7. The maximum absolute atomic E-state index is 13.3. The third kappa shape index (κ3) is 11.8. The third-order valence-electron chi connectivity index (χ3n) is 5.93. The molecule has 11 N–H and O–H groups in total. The Balaban J connectivity index is 3.01. The number of nitrogens with zero attached hydrogens (tertiary/aromatic N) is 2. The van der Waals surface area contributed by atoms with Gasteiger partial charge in [0.1, 0.15) is 18.1 Å². The first-order chi connectivity index (χ1) is 18.0. The minimum atomic E-state index is -1.22. The highest BCUT2D eigenvalue weighted by molar-refractivity contribution is 7.98. The first-order valence-electron chi connectivity index (χ1n) is 12.4. The molecule has 0 fully saturated rings. The average Bonchev–Trinajstić information content (AvgIpc) is 3.39. The van der Waals surface area contributed by atoms with Crippen LogP contribution >= 0.6 is 11.8 Å². The fraction of sp³-hybridized carbons (Fsp3) is 0.652. The summed E-state index contributed by atoms with van der Waals surface area (Å²) >= 11 is 1.55. The summed E-state index contributed by atoms with van der Waals surface area (Å²) in [7, 11) is 0. The van der Waals surface area contributed by atoms with Crippen molar-refractivity contribution < 1.29 is 24.3 Å². The number of thioether (sulfide) groups is 1. The number of carbonyl (C=O) groups is 4. The van der Waals surface area contributed by atoms with Crippen LogP contribution in [0.1, 0.15) is 45.2 Å². The molecule has 0 saturated carbocycles. The number of carbonyl (C=O) groups excluding carboxylic acids is 3. The Labute approximate surface area is 226 Å². The Morgan fingerprint density at radius 2 is 1.79 bits per heavy atom. The number of hydrogen-bond donors (Lipinski definition) is 8. The van der Waals surface area contributed by atoms with Crippen LogP contribution < -0.4 is 33.2 Å². The molecular weight excluding hydrogens is 514 g/mol. The Kier molecular flexibility index (Phi) is 14.8. The number of aliphatic imine (C=N–C) groups is 1. The molecule has 0 radical (unpaired) electrons. The summed E-state index contributed by atoms with van der Waals surface area (Å²) in [6, 6.07) is -4.09. The Bertz CT molecular complexity index is 924. The summed E-state index contributed by atoms with van der Waals surface area (Å²) < 4.78 is 0. The van der Waals surface area contributed by atoms with Gasteiger partial charge in [0.25, 0.3) is 0 Å². The lowest BCUT2D eigenvalue weighted by Crippen LogP contribution is -2.59. The molecule has 0 aliphatic heterocycles. The number of rotatable bonds is 18. The lowest BCUT2D eigenvalue weighted by molar-refractivity contribution is -0.143. The van der Waals surface area contributed by atoms with E-state index in [4.69, 9.17) is 17.2 Å². The van der Waals surface area contributed by atoms with Crippen LogP contribution in [0.5, 0.6) is 0 Å². The van der Waals surface area contributed by atoms with E-state index >= 15 is 0 Å². The van der Waals surface area contributed by atoms with Crippen molar-refractivity contribution >= 4 is 41.4 Å². The van der Waals surface area contributed by atoms with Crippen LogP contribution in [0.15, 0.2) is 17.5 Å². The average molecular weight is 556 g/mol. The van der Waals surface area contributed by atoms with E-state index in [1.165, 1.54) is 12.5 Å². The van der Waals surface area contributed by atoms with Crippen LogP contribution in [0.25, 0.3) is 0 Å². The molecule has 38 heavy (non-hydrogen) atoms. The molecule has 3 amide bonds. The molecule has 5 atom stereocenters. The van der Waals surface area contributed by atoms with Gasteiger partial charge in [-0.25, -0.2) is 9.78 Å². The molecule has 5 unspecified atom stereocenters. The number of guanidine groups is 1. The predicted octanol–water partition coefficient (Wildman–Crippen LogP) is -1.33. The highest BCUT2D eigenvalue weighted by Gasteiger charge is 2.33. The monoisotopic (exact) mass is 555 g/mol. The second kappa shape index (κ2) is 17.2. The van der Waals surface area contributed by atoms with Gasteiger partial charge in [-0.2, -0.15) is 11.8 Å². The SMILES string of the molecule is CCC(C)C(NC(=O)C(Cc1cnc[nH]1)NC(=O)C(N)CCSC)C(=O)NC(CCCN=C(N)N)C(=O)O. The van der Waals surface area contributed by atoms with Crippen molar-refractivity contribution in [2.75, 3.05) is 18.6 Å². The number of aromatic amines is 1. The maximum atomic E-state index is 13.3. The van der Waals surface area contributed by atoms with Gasteiger partial charge in [-0.05, 0) is 37.2 Å². The second-order valence-electron chi connectivity index (χ2n) is 8.95. The summed E-state index contributed by atoms with van der Waals surface area (Å²) in [5.74, 6) is -2.73. The minimum Gasteiger partial charge on any atom is -0.480 e. The number of imidazole rings is 1. The van der Waals surface area contributed by atoms with Crippen molar-refractivity contribution in [2.24, 2.45) is 28.1 Å².